The summed E-state index contributed by atoms with van der Waals surface area (Å²) in [4.78, 5) is 23.1. The van der Waals surface area contributed by atoms with E-state index in [0.29, 0.717) is 13.0 Å². The Morgan fingerprint density at radius 1 is 1.44 bits per heavy atom. The first-order valence-electron chi connectivity index (χ1n) is 5.19. The predicted octanol–water partition coefficient (Wildman–Crippen LogP) is 0.121. The molecule has 0 bridgehead atoms. The van der Waals surface area contributed by atoms with Gasteiger partial charge in [0.25, 0.3) is 0 Å². The number of carbonyl (C=O) groups excluding carboxylic acids is 1. The molecule has 16 heavy (non-hydrogen) atoms. The van der Waals surface area contributed by atoms with Crippen molar-refractivity contribution in [2.45, 2.75) is 44.8 Å². The Labute approximate surface area is 94.3 Å². The molecule has 3 N–H and O–H groups in total. The zero-order chi connectivity index (χ0) is 12.6. The van der Waals surface area contributed by atoms with Crippen LogP contribution in [0.25, 0.3) is 0 Å². The number of aliphatic carboxylic acids is 1. The second-order valence-electron chi connectivity index (χ2n) is 4.96. The van der Waals surface area contributed by atoms with Crippen LogP contribution in [0.15, 0.2) is 0 Å². The molecule has 1 aliphatic rings. The topological polar surface area (TPSA) is 92.9 Å². The fraction of sp³-hybridized carbons (Fsp3) is 0.800. The average molecular weight is 230 g/mol. The zero-order valence-corrected chi connectivity index (χ0v) is 9.82. The van der Waals surface area contributed by atoms with E-state index >= 15 is 0 Å². The number of nitrogens with two attached hydrogens (primary N) is 1. The van der Waals surface area contributed by atoms with Gasteiger partial charge in [-0.15, -0.1) is 0 Å². The average Bonchev–Trinajstić information content (AvgIpc) is 2.44. The SMILES string of the molecule is CC(C)(C)OC(=O)[C@@]1(C(=O)O)CCCN1N. The number of hydrogen-bond donors (Lipinski definition) is 2. The largest absolute Gasteiger partial charge is 0.479 e. The zero-order valence-electron chi connectivity index (χ0n) is 9.82. The van der Waals surface area contributed by atoms with E-state index in [0.717, 1.165) is 5.01 Å². The summed E-state index contributed by atoms with van der Waals surface area (Å²) in [6.07, 6.45) is 0.760. The number of carbonyl (C=O) groups is 2. The third kappa shape index (κ3) is 2.17. The van der Waals surface area contributed by atoms with Crippen molar-refractivity contribution in [1.29, 1.82) is 0 Å². The summed E-state index contributed by atoms with van der Waals surface area (Å²) in [6.45, 7) is 5.45. The highest BCUT2D eigenvalue weighted by Gasteiger charge is 2.55. The van der Waals surface area contributed by atoms with Crippen LogP contribution >= 0.6 is 0 Å². The molecule has 92 valence electrons. The normalized spacial score (nSPS) is 26.8. The molecule has 0 amide bonds. The van der Waals surface area contributed by atoms with Gasteiger partial charge in [-0.25, -0.2) is 14.6 Å². The molecule has 0 aromatic rings. The van der Waals surface area contributed by atoms with Gasteiger partial charge in [-0.2, -0.15) is 0 Å². The summed E-state index contributed by atoms with van der Waals surface area (Å²) in [5, 5.41) is 10.2. The monoisotopic (exact) mass is 230 g/mol. The molecule has 1 aliphatic heterocycles. The minimum atomic E-state index is -1.72. The van der Waals surface area contributed by atoms with Gasteiger partial charge in [-0.3, -0.25) is 5.84 Å². The Kier molecular flexibility index (Phi) is 3.25. The molecule has 1 atom stereocenters. The lowest BCUT2D eigenvalue weighted by atomic mass is 9.97. The van der Waals surface area contributed by atoms with E-state index in [-0.39, 0.29) is 6.42 Å². The van der Waals surface area contributed by atoms with Gasteiger partial charge < -0.3 is 9.84 Å². The molecule has 0 aliphatic carbocycles. The van der Waals surface area contributed by atoms with Crippen LogP contribution in [0.5, 0.6) is 0 Å². The molecule has 1 saturated heterocycles. The van der Waals surface area contributed by atoms with Crippen LogP contribution in [0.1, 0.15) is 33.6 Å². The lowest BCUT2D eigenvalue weighted by Gasteiger charge is -2.32. The van der Waals surface area contributed by atoms with E-state index in [1.807, 2.05) is 0 Å². The molecule has 6 heteroatoms. The van der Waals surface area contributed by atoms with Crippen LogP contribution in [-0.2, 0) is 14.3 Å². The number of hydrazine groups is 1. The smallest absolute Gasteiger partial charge is 0.340 e. The standard InChI is InChI=1S/C10H18N2O4/c1-9(2,3)16-8(15)10(7(13)14)5-4-6-12(10)11/h4-6,11H2,1-3H3,(H,13,14)/t10-/m0/s1. The molecule has 0 radical (unpaired) electrons. The summed E-state index contributed by atoms with van der Waals surface area (Å²) < 4.78 is 5.12. The van der Waals surface area contributed by atoms with E-state index < -0.39 is 23.1 Å². The molecule has 0 saturated carbocycles. The predicted molar refractivity (Wildman–Crippen MR) is 56.3 cm³/mol. The molecular formula is C10H18N2O4. The van der Waals surface area contributed by atoms with Crippen molar-refractivity contribution in [3.05, 3.63) is 0 Å². The van der Waals surface area contributed by atoms with E-state index in [4.69, 9.17) is 10.6 Å². The first-order chi connectivity index (χ1) is 7.20. The van der Waals surface area contributed by atoms with Gasteiger partial charge in [0.15, 0.2) is 0 Å². The summed E-state index contributed by atoms with van der Waals surface area (Å²) in [5.41, 5.74) is -2.43. The summed E-state index contributed by atoms with van der Waals surface area (Å²) >= 11 is 0. The van der Waals surface area contributed by atoms with Crippen LogP contribution in [-0.4, -0.2) is 39.7 Å². The molecule has 0 aromatic heterocycles. The van der Waals surface area contributed by atoms with Crippen LogP contribution < -0.4 is 5.84 Å². The van der Waals surface area contributed by atoms with E-state index in [2.05, 4.69) is 0 Å². The van der Waals surface area contributed by atoms with Crippen LogP contribution in [0.4, 0.5) is 0 Å². The van der Waals surface area contributed by atoms with Crippen LogP contribution in [0.2, 0.25) is 0 Å². The van der Waals surface area contributed by atoms with Gasteiger partial charge in [0.1, 0.15) is 5.60 Å². The highest BCUT2D eigenvalue weighted by molar-refractivity contribution is 6.04. The number of esters is 1. The second kappa shape index (κ2) is 4.03. The van der Waals surface area contributed by atoms with E-state index in [9.17, 15) is 14.7 Å². The van der Waals surface area contributed by atoms with Gasteiger partial charge in [-0.05, 0) is 33.6 Å². The third-order valence-corrected chi connectivity index (χ3v) is 2.52. The Balaban J connectivity index is 2.95. The van der Waals surface area contributed by atoms with E-state index in [1.165, 1.54) is 0 Å². The highest BCUT2D eigenvalue weighted by Crippen LogP contribution is 2.29. The molecule has 1 heterocycles. The first kappa shape index (κ1) is 12.9. The van der Waals surface area contributed by atoms with Gasteiger partial charge in [-0.1, -0.05) is 0 Å². The highest BCUT2D eigenvalue weighted by atomic mass is 16.6. The van der Waals surface area contributed by atoms with Gasteiger partial charge in [0.05, 0.1) is 0 Å². The molecule has 0 spiro atoms. The Morgan fingerprint density at radius 2 is 2.00 bits per heavy atom. The minimum absolute atomic E-state index is 0.188. The number of carboxylic acids is 1. The second-order valence-corrected chi connectivity index (χ2v) is 4.96. The first-order valence-corrected chi connectivity index (χ1v) is 5.19. The molecule has 1 rings (SSSR count). The van der Waals surface area contributed by atoms with Crippen molar-refractivity contribution in [3.63, 3.8) is 0 Å². The number of carboxylic acid groups (broad SMARTS) is 1. The van der Waals surface area contributed by atoms with E-state index in [1.54, 1.807) is 20.8 Å². The van der Waals surface area contributed by atoms with Crippen molar-refractivity contribution < 1.29 is 19.4 Å². The quantitative estimate of drug-likeness (QED) is 0.397. The fourth-order valence-corrected chi connectivity index (χ4v) is 1.74. The number of rotatable bonds is 2. The van der Waals surface area contributed by atoms with Crippen LogP contribution in [0.3, 0.4) is 0 Å². The van der Waals surface area contributed by atoms with Crippen molar-refractivity contribution in [2.24, 2.45) is 5.84 Å². The van der Waals surface area contributed by atoms with Crippen molar-refractivity contribution in [1.82, 2.24) is 5.01 Å². The summed E-state index contributed by atoms with van der Waals surface area (Å²) in [5.74, 6) is 3.55. The Morgan fingerprint density at radius 3 is 2.31 bits per heavy atom. The maximum Gasteiger partial charge on any atom is 0.340 e. The van der Waals surface area contributed by atoms with Crippen molar-refractivity contribution >= 4 is 11.9 Å². The molecule has 6 nitrogen and oxygen atoms in total. The van der Waals surface area contributed by atoms with Crippen molar-refractivity contribution in [3.8, 4) is 0 Å². The van der Waals surface area contributed by atoms with Gasteiger partial charge in [0, 0.05) is 6.54 Å². The Bertz CT molecular complexity index is 310. The number of nitrogens with zero attached hydrogens (tertiary/aromatic N) is 1. The number of ether oxygens (including phenoxy) is 1. The maximum absolute atomic E-state index is 11.9. The lowest BCUT2D eigenvalue weighted by molar-refractivity contribution is -0.177. The fourth-order valence-electron chi connectivity index (χ4n) is 1.74. The minimum Gasteiger partial charge on any atom is -0.479 e. The number of hydrogen-bond acceptors (Lipinski definition) is 5. The van der Waals surface area contributed by atoms with Gasteiger partial charge >= 0.3 is 11.9 Å². The Hall–Kier alpha value is -1.14. The lowest BCUT2D eigenvalue weighted by Crippen LogP contribution is -2.60. The molecular weight excluding hydrogens is 212 g/mol. The van der Waals surface area contributed by atoms with Crippen LogP contribution in [0, 0.1) is 0 Å². The summed E-state index contributed by atoms with van der Waals surface area (Å²) in [6, 6.07) is 0. The summed E-state index contributed by atoms with van der Waals surface area (Å²) in [7, 11) is 0. The van der Waals surface area contributed by atoms with Gasteiger partial charge in [0.2, 0.25) is 5.54 Å². The maximum atomic E-state index is 11.9. The molecule has 0 aromatic carbocycles. The van der Waals surface area contributed by atoms with Crippen molar-refractivity contribution in [2.75, 3.05) is 6.54 Å². The third-order valence-electron chi connectivity index (χ3n) is 2.52. The molecule has 1 fully saturated rings. The molecule has 0 unspecified atom stereocenters.